The molecule has 1 fully saturated rings. The van der Waals surface area contributed by atoms with Crippen molar-refractivity contribution >= 4 is 0 Å². The summed E-state index contributed by atoms with van der Waals surface area (Å²) in [6, 6.07) is 2.15. The lowest BCUT2D eigenvalue weighted by Gasteiger charge is -2.45. The Morgan fingerprint density at radius 2 is 1.56 bits per heavy atom. The summed E-state index contributed by atoms with van der Waals surface area (Å²) in [5.41, 5.74) is 0. The first kappa shape index (κ1) is 14.0. The first-order chi connectivity index (χ1) is 7.41. The Hall–Kier alpha value is -0.0800. The standard InChI is InChI=1S/C14H30N2/c1-11(2)9-14-10-15(12(3)4)7-8-16(14)13(5)6/h11-14H,7-10H2,1-6H3/t14-/m0/s1. The molecule has 0 bridgehead atoms. The molecular formula is C14H30N2. The van der Waals surface area contributed by atoms with E-state index in [-0.39, 0.29) is 0 Å². The van der Waals surface area contributed by atoms with Crippen LogP contribution < -0.4 is 0 Å². The Labute approximate surface area is 102 Å². The van der Waals surface area contributed by atoms with E-state index in [4.69, 9.17) is 0 Å². The molecule has 0 amide bonds. The third-order valence-electron chi connectivity index (χ3n) is 3.70. The fraction of sp³-hybridized carbons (Fsp3) is 1.00. The van der Waals surface area contributed by atoms with Gasteiger partial charge in [-0.3, -0.25) is 9.80 Å². The van der Waals surface area contributed by atoms with Crippen LogP contribution in [0.3, 0.4) is 0 Å². The molecule has 0 N–H and O–H groups in total. The van der Waals surface area contributed by atoms with E-state index in [0.717, 1.165) is 12.0 Å². The van der Waals surface area contributed by atoms with Gasteiger partial charge < -0.3 is 0 Å². The lowest BCUT2D eigenvalue weighted by Crippen LogP contribution is -2.57. The highest BCUT2D eigenvalue weighted by Gasteiger charge is 2.29. The Morgan fingerprint density at radius 3 is 2.00 bits per heavy atom. The maximum atomic E-state index is 2.69. The highest BCUT2D eigenvalue weighted by Crippen LogP contribution is 2.20. The summed E-state index contributed by atoms with van der Waals surface area (Å²) >= 11 is 0. The highest BCUT2D eigenvalue weighted by molar-refractivity contribution is 4.85. The third-order valence-corrected chi connectivity index (χ3v) is 3.70. The normalized spacial score (nSPS) is 24.9. The van der Waals surface area contributed by atoms with E-state index >= 15 is 0 Å². The van der Waals surface area contributed by atoms with Gasteiger partial charge in [-0.15, -0.1) is 0 Å². The van der Waals surface area contributed by atoms with Crippen molar-refractivity contribution in [1.82, 2.24) is 9.80 Å². The van der Waals surface area contributed by atoms with Gasteiger partial charge >= 0.3 is 0 Å². The Morgan fingerprint density at radius 1 is 0.938 bits per heavy atom. The van der Waals surface area contributed by atoms with E-state index in [9.17, 15) is 0 Å². The van der Waals surface area contributed by atoms with Crippen LogP contribution >= 0.6 is 0 Å². The summed E-state index contributed by atoms with van der Waals surface area (Å²) < 4.78 is 0. The van der Waals surface area contributed by atoms with Gasteiger partial charge in [0.2, 0.25) is 0 Å². The zero-order valence-corrected chi connectivity index (χ0v) is 12.0. The molecule has 16 heavy (non-hydrogen) atoms. The molecule has 2 heteroatoms. The summed E-state index contributed by atoms with van der Waals surface area (Å²) in [6.45, 7) is 17.7. The molecule has 0 aromatic rings. The van der Waals surface area contributed by atoms with Crippen LogP contribution in [-0.4, -0.2) is 47.6 Å². The van der Waals surface area contributed by atoms with E-state index in [1.807, 2.05) is 0 Å². The second-order valence-electron chi connectivity index (χ2n) is 6.20. The van der Waals surface area contributed by atoms with Crippen LogP contribution in [0.25, 0.3) is 0 Å². The Balaban J connectivity index is 2.61. The van der Waals surface area contributed by atoms with Crippen molar-refractivity contribution in [2.75, 3.05) is 19.6 Å². The molecule has 0 aromatic heterocycles. The van der Waals surface area contributed by atoms with Crippen LogP contribution in [0.1, 0.15) is 48.0 Å². The summed E-state index contributed by atoms with van der Waals surface area (Å²) in [5.74, 6) is 0.804. The van der Waals surface area contributed by atoms with E-state index < -0.39 is 0 Å². The van der Waals surface area contributed by atoms with Crippen molar-refractivity contribution in [3.8, 4) is 0 Å². The third kappa shape index (κ3) is 3.74. The zero-order valence-electron chi connectivity index (χ0n) is 12.0. The highest BCUT2D eigenvalue weighted by atomic mass is 15.3. The van der Waals surface area contributed by atoms with Crippen molar-refractivity contribution < 1.29 is 0 Å². The molecule has 1 heterocycles. The van der Waals surface area contributed by atoms with E-state index in [1.54, 1.807) is 0 Å². The van der Waals surface area contributed by atoms with Crippen molar-refractivity contribution in [1.29, 1.82) is 0 Å². The zero-order chi connectivity index (χ0) is 12.3. The molecule has 96 valence electrons. The smallest absolute Gasteiger partial charge is 0.0228 e. The molecule has 0 aliphatic carbocycles. The van der Waals surface area contributed by atoms with Crippen molar-refractivity contribution in [2.45, 2.75) is 66.1 Å². The number of hydrogen-bond donors (Lipinski definition) is 0. The fourth-order valence-electron chi connectivity index (χ4n) is 2.80. The van der Waals surface area contributed by atoms with Gasteiger partial charge in [-0.05, 0) is 40.0 Å². The van der Waals surface area contributed by atoms with Crippen molar-refractivity contribution in [3.05, 3.63) is 0 Å². The molecule has 0 spiro atoms. The molecule has 1 saturated heterocycles. The number of nitrogens with zero attached hydrogens (tertiary/aromatic N) is 2. The molecule has 2 nitrogen and oxygen atoms in total. The van der Waals surface area contributed by atoms with Gasteiger partial charge in [0.25, 0.3) is 0 Å². The first-order valence-corrected chi connectivity index (χ1v) is 6.91. The fourth-order valence-corrected chi connectivity index (χ4v) is 2.80. The summed E-state index contributed by atoms with van der Waals surface area (Å²) in [6.07, 6.45) is 1.33. The number of rotatable bonds is 4. The Kier molecular flexibility index (Phi) is 5.26. The van der Waals surface area contributed by atoms with Crippen LogP contribution in [0.4, 0.5) is 0 Å². The maximum absolute atomic E-state index is 2.69. The van der Waals surface area contributed by atoms with Gasteiger partial charge in [-0.2, -0.15) is 0 Å². The molecular weight excluding hydrogens is 196 g/mol. The summed E-state index contributed by atoms with van der Waals surface area (Å²) in [4.78, 5) is 5.32. The van der Waals surface area contributed by atoms with Gasteiger partial charge in [-0.1, -0.05) is 13.8 Å². The summed E-state index contributed by atoms with van der Waals surface area (Å²) in [5, 5.41) is 0. The Bertz CT molecular complexity index is 199. The number of hydrogen-bond acceptors (Lipinski definition) is 2. The molecule has 0 aromatic carbocycles. The molecule has 0 unspecified atom stereocenters. The van der Waals surface area contributed by atoms with Gasteiger partial charge in [0.1, 0.15) is 0 Å². The summed E-state index contributed by atoms with van der Waals surface area (Å²) in [7, 11) is 0. The van der Waals surface area contributed by atoms with Gasteiger partial charge in [0.05, 0.1) is 0 Å². The van der Waals surface area contributed by atoms with Crippen LogP contribution in [0, 0.1) is 5.92 Å². The van der Waals surface area contributed by atoms with Crippen LogP contribution in [0.2, 0.25) is 0 Å². The van der Waals surface area contributed by atoms with Gasteiger partial charge in [0.15, 0.2) is 0 Å². The van der Waals surface area contributed by atoms with Crippen LogP contribution in [0.15, 0.2) is 0 Å². The second-order valence-corrected chi connectivity index (χ2v) is 6.20. The van der Waals surface area contributed by atoms with E-state index in [1.165, 1.54) is 26.1 Å². The molecule has 1 rings (SSSR count). The van der Waals surface area contributed by atoms with Crippen molar-refractivity contribution in [2.24, 2.45) is 5.92 Å². The second kappa shape index (κ2) is 6.02. The average molecular weight is 226 g/mol. The average Bonchev–Trinajstić information content (AvgIpc) is 2.15. The van der Waals surface area contributed by atoms with Crippen LogP contribution in [-0.2, 0) is 0 Å². The van der Waals surface area contributed by atoms with E-state index in [0.29, 0.717) is 12.1 Å². The van der Waals surface area contributed by atoms with Gasteiger partial charge in [-0.25, -0.2) is 0 Å². The predicted molar refractivity (Wildman–Crippen MR) is 71.8 cm³/mol. The largest absolute Gasteiger partial charge is 0.298 e. The number of piperazine rings is 1. The molecule has 1 atom stereocenters. The first-order valence-electron chi connectivity index (χ1n) is 6.91. The minimum absolute atomic E-state index is 0.693. The quantitative estimate of drug-likeness (QED) is 0.727. The van der Waals surface area contributed by atoms with Gasteiger partial charge in [0, 0.05) is 37.8 Å². The lowest BCUT2D eigenvalue weighted by molar-refractivity contribution is 0.0272. The maximum Gasteiger partial charge on any atom is 0.0228 e. The lowest BCUT2D eigenvalue weighted by atomic mass is 9.98. The van der Waals surface area contributed by atoms with Crippen LogP contribution in [0.5, 0.6) is 0 Å². The molecule has 0 saturated carbocycles. The monoisotopic (exact) mass is 226 g/mol. The minimum Gasteiger partial charge on any atom is -0.298 e. The van der Waals surface area contributed by atoms with E-state index in [2.05, 4.69) is 51.3 Å². The van der Waals surface area contributed by atoms with Crippen molar-refractivity contribution in [3.63, 3.8) is 0 Å². The molecule has 1 aliphatic heterocycles. The predicted octanol–water partition coefficient (Wildman–Crippen LogP) is 2.84. The SMILES string of the molecule is CC(C)C[C@H]1CN(C(C)C)CCN1C(C)C. The minimum atomic E-state index is 0.693. The topological polar surface area (TPSA) is 6.48 Å². The molecule has 1 aliphatic rings. The molecule has 0 radical (unpaired) electrons.